The van der Waals surface area contributed by atoms with Crippen LogP contribution in [0.3, 0.4) is 0 Å². The number of aromatic hydroxyl groups is 2. The minimum atomic E-state index is -0.512. The average Bonchev–Trinajstić information content (AvgIpc) is 3.15. The van der Waals surface area contributed by atoms with Crippen LogP contribution >= 0.6 is 0 Å². The van der Waals surface area contributed by atoms with Crippen molar-refractivity contribution in [2.45, 2.75) is 53.4 Å². The number of carbonyl (C=O) groups is 1. The monoisotopic (exact) mass is 483 g/mol. The van der Waals surface area contributed by atoms with E-state index in [0.717, 1.165) is 33.2 Å². The number of benzene rings is 3. The summed E-state index contributed by atoms with van der Waals surface area (Å²) >= 11 is 0. The lowest BCUT2D eigenvalue weighted by Crippen LogP contribution is -2.19. The molecule has 0 bridgehead atoms. The second kappa shape index (κ2) is 9.90. The Morgan fingerprint density at radius 3 is 2.39 bits per heavy atom. The van der Waals surface area contributed by atoms with E-state index in [0.29, 0.717) is 5.56 Å². The maximum atomic E-state index is 13.0. The van der Waals surface area contributed by atoms with Crippen LogP contribution in [0.4, 0.5) is 0 Å². The van der Waals surface area contributed by atoms with Gasteiger partial charge in [0.25, 0.3) is 5.91 Å². The fourth-order valence-corrected chi connectivity index (χ4v) is 4.38. The Hall–Kier alpha value is -4.06. The molecule has 1 amide bonds. The van der Waals surface area contributed by atoms with Gasteiger partial charge < -0.3 is 15.2 Å². The van der Waals surface area contributed by atoms with Crippen molar-refractivity contribution >= 4 is 23.0 Å². The number of nitrogens with one attached hydrogen (secondary N) is 2. The Kier molecular flexibility index (Phi) is 6.88. The number of phenols is 1. The van der Waals surface area contributed by atoms with Crippen LogP contribution in [0.5, 0.6) is 11.6 Å². The minimum absolute atomic E-state index is 0.0333. The zero-order valence-electron chi connectivity index (χ0n) is 21.6. The Morgan fingerprint density at radius 2 is 1.72 bits per heavy atom. The molecule has 0 aliphatic heterocycles. The number of hydrogen-bond acceptors (Lipinski definition) is 4. The fourth-order valence-electron chi connectivity index (χ4n) is 4.38. The summed E-state index contributed by atoms with van der Waals surface area (Å²) in [6.07, 6.45) is 1.43. The molecule has 6 nitrogen and oxygen atoms in total. The van der Waals surface area contributed by atoms with E-state index in [-0.39, 0.29) is 29.0 Å². The van der Waals surface area contributed by atoms with Gasteiger partial charge in [0, 0.05) is 10.9 Å². The van der Waals surface area contributed by atoms with Gasteiger partial charge in [0.15, 0.2) is 5.88 Å². The summed E-state index contributed by atoms with van der Waals surface area (Å²) in [5.41, 5.74) is 9.99. The first kappa shape index (κ1) is 25.0. The van der Waals surface area contributed by atoms with E-state index in [1.54, 1.807) is 6.07 Å². The first-order valence-corrected chi connectivity index (χ1v) is 12.2. The van der Waals surface area contributed by atoms with Crippen molar-refractivity contribution in [1.82, 2.24) is 10.4 Å². The zero-order chi connectivity index (χ0) is 26.1. The van der Waals surface area contributed by atoms with Crippen LogP contribution in [0.1, 0.15) is 77.7 Å². The van der Waals surface area contributed by atoms with Crippen molar-refractivity contribution < 1.29 is 15.0 Å². The lowest BCUT2D eigenvalue weighted by molar-refractivity contribution is 0.0952. The number of aromatic nitrogens is 1. The summed E-state index contributed by atoms with van der Waals surface area (Å²) in [5.74, 6) is -0.321. The summed E-state index contributed by atoms with van der Waals surface area (Å²) in [4.78, 5) is 16.0. The number of nitrogens with zero attached hydrogens (tertiary/aromatic N) is 1. The molecule has 0 saturated heterocycles. The second-order valence-electron chi connectivity index (χ2n) is 9.93. The van der Waals surface area contributed by atoms with Gasteiger partial charge in [-0.1, -0.05) is 64.1 Å². The molecular weight excluding hydrogens is 450 g/mol. The molecule has 0 spiro atoms. The van der Waals surface area contributed by atoms with Crippen LogP contribution in [0.25, 0.3) is 22.0 Å². The number of phenolic OH excluding ortho intramolecular Hbond substituents is 1. The van der Waals surface area contributed by atoms with Gasteiger partial charge in [0.05, 0.1) is 17.3 Å². The molecule has 1 aromatic heterocycles. The molecule has 4 rings (SSSR count). The highest BCUT2D eigenvalue weighted by molar-refractivity contribution is 6.09. The number of carbonyl (C=O) groups excluding carboxylic acids is 1. The Labute approximate surface area is 211 Å². The molecule has 6 heteroatoms. The third-order valence-corrected chi connectivity index (χ3v) is 6.71. The van der Waals surface area contributed by atoms with E-state index in [9.17, 15) is 15.0 Å². The number of amides is 1. The van der Waals surface area contributed by atoms with Crippen molar-refractivity contribution in [3.05, 3.63) is 81.9 Å². The third-order valence-electron chi connectivity index (χ3n) is 6.71. The molecule has 0 fully saturated rings. The van der Waals surface area contributed by atoms with Crippen LogP contribution in [0.2, 0.25) is 0 Å². The minimum Gasteiger partial charge on any atom is -0.507 e. The van der Waals surface area contributed by atoms with E-state index in [1.165, 1.54) is 17.3 Å². The Morgan fingerprint density at radius 1 is 0.972 bits per heavy atom. The number of aryl methyl sites for hydroxylation is 2. The van der Waals surface area contributed by atoms with E-state index in [4.69, 9.17) is 0 Å². The Bertz CT molecular complexity index is 1480. The third kappa shape index (κ3) is 4.71. The van der Waals surface area contributed by atoms with Gasteiger partial charge in [-0.2, -0.15) is 5.10 Å². The number of hydrogen-bond donors (Lipinski definition) is 4. The zero-order valence-corrected chi connectivity index (χ0v) is 21.6. The van der Waals surface area contributed by atoms with Crippen molar-refractivity contribution in [2.75, 3.05) is 0 Å². The van der Waals surface area contributed by atoms with E-state index in [2.05, 4.69) is 47.6 Å². The van der Waals surface area contributed by atoms with Gasteiger partial charge >= 0.3 is 0 Å². The molecule has 0 aliphatic carbocycles. The molecule has 4 aromatic rings. The van der Waals surface area contributed by atoms with Crippen molar-refractivity contribution in [1.29, 1.82) is 0 Å². The van der Waals surface area contributed by atoms with Gasteiger partial charge in [-0.15, -0.1) is 0 Å². The van der Waals surface area contributed by atoms with Crippen molar-refractivity contribution in [2.24, 2.45) is 5.10 Å². The molecule has 1 heterocycles. The van der Waals surface area contributed by atoms with Gasteiger partial charge in [-0.3, -0.25) is 4.79 Å². The smallest absolute Gasteiger partial charge is 0.275 e. The quantitative estimate of drug-likeness (QED) is 0.178. The van der Waals surface area contributed by atoms with E-state index < -0.39 is 5.91 Å². The highest BCUT2D eigenvalue weighted by Gasteiger charge is 2.19. The summed E-state index contributed by atoms with van der Waals surface area (Å²) in [6, 6.07) is 15.7. The standard InChI is InChI=1S/C30H33N3O3/c1-16(2)21-13-23(17(3)4)28(34)24(14-21)30(36)33-31-15-25-27-22(8-7-9-26(27)32-29(25)35)20-11-10-18(5)19(6)12-20/h7-17,32,34-35H,1-6H3,(H,33,36). The summed E-state index contributed by atoms with van der Waals surface area (Å²) in [5, 5.41) is 26.3. The second-order valence-corrected chi connectivity index (χ2v) is 9.93. The summed E-state index contributed by atoms with van der Waals surface area (Å²) in [6.45, 7) is 12.2. The molecule has 0 unspecified atom stereocenters. The molecule has 0 aliphatic rings. The maximum absolute atomic E-state index is 13.0. The van der Waals surface area contributed by atoms with Gasteiger partial charge in [0.1, 0.15) is 5.75 Å². The first-order valence-electron chi connectivity index (χ1n) is 12.2. The maximum Gasteiger partial charge on any atom is 0.275 e. The molecule has 186 valence electrons. The SMILES string of the molecule is Cc1ccc(-c2cccc3[nH]c(O)c(C=NNC(=O)c4cc(C(C)C)cc(C(C)C)c4O)c23)cc1C. The van der Waals surface area contributed by atoms with Crippen molar-refractivity contribution in [3.63, 3.8) is 0 Å². The molecular formula is C30H33N3O3. The first-order chi connectivity index (χ1) is 17.1. The van der Waals surface area contributed by atoms with Gasteiger partial charge in [0.2, 0.25) is 0 Å². The van der Waals surface area contributed by atoms with Crippen LogP contribution in [-0.4, -0.2) is 27.3 Å². The van der Waals surface area contributed by atoms with E-state index >= 15 is 0 Å². The van der Waals surface area contributed by atoms with Crippen LogP contribution in [-0.2, 0) is 0 Å². The van der Waals surface area contributed by atoms with Crippen LogP contribution in [0, 0.1) is 13.8 Å². The fraction of sp³-hybridized carbons (Fsp3) is 0.267. The largest absolute Gasteiger partial charge is 0.507 e. The number of aromatic amines is 1. The molecule has 36 heavy (non-hydrogen) atoms. The molecule has 4 N–H and O–H groups in total. The lowest BCUT2D eigenvalue weighted by Gasteiger charge is -2.16. The molecule has 0 radical (unpaired) electrons. The van der Waals surface area contributed by atoms with Gasteiger partial charge in [-0.05, 0) is 71.2 Å². The summed E-state index contributed by atoms with van der Waals surface area (Å²) < 4.78 is 0. The van der Waals surface area contributed by atoms with E-state index in [1.807, 2.05) is 52.0 Å². The summed E-state index contributed by atoms with van der Waals surface area (Å²) in [7, 11) is 0. The topological polar surface area (TPSA) is 97.7 Å². The molecule has 3 aromatic carbocycles. The normalized spacial score (nSPS) is 11.8. The predicted molar refractivity (Wildman–Crippen MR) is 146 cm³/mol. The molecule has 0 atom stereocenters. The van der Waals surface area contributed by atoms with Crippen molar-refractivity contribution in [3.8, 4) is 22.8 Å². The number of H-pyrrole nitrogens is 1. The molecule has 0 saturated carbocycles. The highest BCUT2D eigenvalue weighted by Crippen LogP contribution is 2.36. The lowest BCUT2D eigenvalue weighted by atomic mass is 9.92. The number of rotatable bonds is 6. The Balaban J connectivity index is 1.70. The highest BCUT2D eigenvalue weighted by atomic mass is 16.3. The number of fused-ring (bicyclic) bond motifs is 1. The average molecular weight is 484 g/mol. The predicted octanol–water partition coefficient (Wildman–Crippen LogP) is 6.87. The van der Waals surface area contributed by atoms with Crippen LogP contribution < -0.4 is 5.43 Å². The van der Waals surface area contributed by atoms with Crippen LogP contribution in [0.15, 0.2) is 53.6 Å². The van der Waals surface area contributed by atoms with Gasteiger partial charge in [-0.25, -0.2) is 5.43 Å². The number of hydrazone groups is 1.